The van der Waals surface area contributed by atoms with Crippen LogP contribution in [0.3, 0.4) is 0 Å². The Hall–Kier alpha value is -1.84. The fourth-order valence-corrected chi connectivity index (χ4v) is 2.90. The van der Waals surface area contributed by atoms with E-state index in [9.17, 15) is 0 Å². The van der Waals surface area contributed by atoms with E-state index in [0.717, 1.165) is 23.5 Å². The lowest BCUT2D eigenvalue weighted by Gasteiger charge is -2.09. The second-order valence-electron chi connectivity index (χ2n) is 5.34. The molecular weight excluding hydrogens is 282 g/mol. The normalized spacial score (nSPS) is 11.2. The molecule has 0 atom stereocenters. The van der Waals surface area contributed by atoms with Gasteiger partial charge >= 0.3 is 0 Å². The quantitative estimate of drug-likeness (QED) is 0.800. The third-order valence-corrected chi connectivity index (χ3v) is 3.90. The largest absolute Gasteiger partial charge is 0.330 e. The van der Waals surface area contributed by atoms with Crippen molar-refractivity contribution in [1.29, 1.82) is 0 Å². The number of aryl methyl sites for hydroxylation is 2. The molecule has 0 aliphatic heterocycles. The highest BCUT2D eigenvalue weighted by Gasteiger charge is 2.15. The van der Waals surface area contributed by atoms with E-state index in [1.165, 1.54) is 16.7 Å². The predicted molar refractivity (Wildman–Crippen MR) is 87.9 cm³/mol. The molecule has 0 aliphatic rings. The summed E-state index contributed by atoms with van der Waals surface area (Å²) >= 11 is 6.16. The lowest BCUT2D eigenvalue weighted by atomic mass is 10.0. The van der Waals surface area contributed by atoms with Crippen LogP contribution in [-0.4, -0.2) is 15.9 Å². The minimum atomic E-state index is 0.579. The minimum absolute atomic E-state index is 0.579. The van der Waals surface area contributed by atoms with Crippen molar-refractivity contribution in [1.82, 2.24) is 9.38 Å². The van der Waals surface area contributed by atoms with Crippen LogP contribution in [0.15, 0.2) is 36.5 Å². The van der Waals surface area contributed by atoms with Crippen LogP contribution in [0.25, 0.3) is 16.9 Å². The third-order valence-electron chi connectivity index (χ3n) is 3.67. The number of hydrogen-bond acceptors (Lipinski definition) is 2. The van der Waals surface area contributed by atoms with Crippen LogP contribution in [-0.2, 0) is 6.42 Å². The highest BCUT2D eigenvalue weighted by Crippen LogP contribution is 2.30. The Labute approximate surface area is 129 Å². The van der Waals surface area contributed by atoms with Crippen LogP contribution in [0.4, 0.5) is 0 Å². The standard InChI is InChI=1S/C17H18ClN3/c1-11-3-5-14(12(2)9-11)17-15(7-8-19)20-16-6-4-13(18)10-21(16)17/h3-6,9-10H,7-8,19H2,1-2H3. The molecule has 0 fully saturated rings. The van der Waals surface area contributed by atoms with Crippen LogP contribution in [0.1, 0.15) is 16.8 Å². The number of imidazole rings is 1. The molecule has 1 aromatic carbocycles. The van der Waals surface area contributed by atoms with Gasteiger partial charge < -0.3 is 5.73 Å². The van der Waals surface area contributed by atoms with Crippen molar-refractivity contribution in [2.75, 3.05) is 6.54 Å². The summed E-state index contributed by atoms with van der Waals surface area (Å²) in [4.78, 5) is 4.71. The van der Waals surface area contributed by atoms with Gasteiger partial charge in [0.05, 0.1) is 16.4 Å². The topological polar surface area (TPSA) is 43.3 Å². The van der Waals surface area contributed by atoms with Gasteiger partial charge in [-0.25, -0.2) is 4.98 Å². The van der Waals surface area contributed by atoms with E-state index in [1.54, 1.807) is 0 Å². The van der Waals surface area contributed by atoms with Gasteiger partial charge in [0, 0.05) is 18.2 Å². The molecule has 0 saturated carbocycles. The zero-order chi connectivity index (χ0) is 15.0. The maximum atomic E-state index is 6.16. The monoisotopic (exact) mass is 299 g/mol. The maximum Gasteiger partial charge on any atom is 0.137 e. The molecule has 0 aliphatic carbocycles. The number of rotatable bonds is 3. The first kappa shape index (κ1) is 14.1. The van der Waals surface area contributed by atoms with Gasteiger partial charge in [0.15, 0.2) is 0 Å². The van der Waals surface area contributed by atoms with Crippen molar-refractivity contribution in [3.8, 4) is 11.3 Å². The molecule has 0 saturated heterocycles. The Morgan fingerprint density at radius 1 is 1.19 bits per heavy atom. The Kier molecular flexibility index (Phi) is 3.70. The predicted octanol–water partition coefficient (Wildman–Crippen LogP) is 3.77. The smallest absolute Gasteiger partial charge is 0.137 e. The van der Waals surface area contributed by atoms with Gasteiger partial charge in [-0.15, -0.1) is 0 Å². The van der Waals surface area contributed by atoms with Gasteiger partial charge in [0.1, 0.15) is 5.65 Å². The zero-order valence-corrected chi connectivity index (χ0v) is 13.0. The van der Waals surface area contributed by atoms with Crippen LogP contribution in [0.2, 0.25) is 5.02 Å². The molecule has 3 aromatic rings. The molecule has 108 valence electrons. The van der Waals surface area contributed by atoms with Crippen LogP contribution in [0.5, 0.6) is 0 Å². The molecular formula is C17H18ClN3. The van der Waals surface area contributed by atoms with E-state index in [1.807, 2.05) is 18.3 Å². The number of pyridine rings is 1. The maximum absolute atomic E-state index is 6.16. The summed E-state index contributed by atoms with van der Waals surface area (Å²) in [6, 6.07) is 10.3. The summed E-state index contributed by atoms with van der Waals surface area (Å²) in [6.07, 6.45) is 2.67. The van der Waals surface area contributed by atoms with Crippen molar-refractivity contribution >= 4 is 17.2 Å². The Bertz CT molecular complexity index is 805. The van der Waals surface area contributed by atoms with Gasteiger partial charge in [0.2, 0.25) is 0 Å². The fraction of sp³-hybridized carbons (Fsp3) is 0.235. The molecule has 2 heterocycles. The average Bonchev–Trinajstić information content (AvgIpc) is 2.77. The molecule has 0 unspecified atom stereocenters. The number of hydrogen-bond donors (Lipinski definition) is 1. The second kappa shape index (κ2) is 5.51. The SMILES string of the molecule is Cc1ccc(-c2c(CCN)nc3ccc(Cl)cn23)c(C)c1. The van der Waals surface area contributed by atoms with E-state index < -0.39 is 0 Å². The van der Waals surface area contributed by atoms with Crippen LogP contribution < -0.4 is 5.73 Å². The first-order valence-corrected chi connectivity index (χ1v) is 7.42. The van der Waals surface area contributed by atoms with Crippen molar-refractivity contribution in [2.45, 2.75) is 20.3 Å². The second-order valence-corrected chi connectivity index (χ2v) is 5.78. The first-order valence-electron chi connectivity index (χ1n) is 7.04. The highest BCUT2D eigenvalue weighted by molar-refractivity contribution is 6.30. The molecule has 0 spiro atoms. The lowest BCUT2D eigenvalue weighted by Crippen LogP contribution is -2.04. The molecule has 0 amide bonds. The number of aromatic nitrogens is 2. The van der Waals surface area contributed by atoms with Crippen LogP contribution >= 0.6 is 11.6 Å². The zero-order valence-electron chi connectivity index (χ0n) is 12.2. The van der Waals surface area contributed by atoms with Gasteiger partial charge in [-0.1, -0.05) is 35.4 Å². The number of benzene rings is 1. The summed E-state index contributed by atoms with van der Waals surface area (Å²) in [5.74, 6) is 0. The van der Waals surface area contributed by atoms with Crippen LogP contribution in [0, 0.1) is 13.8 Å². The van der Waals surface area contributed by atoms with Crippen molar-refractivity contribution < 1.29 is 0 Å². The number of halogens is 1. The molecule has 3 nitrogen and oxygen atoms in total. The average molecular weight is 300 g/mol. The van der Waals surface area contributed by atoms with E-state index in [2.05, 4.69) is 36.4 Å². The van der Waals surface area contributed by atoms with E-state index >= 15 is 0 Å². The summed E-state index contributed by atoms with van der Waals surface area (Å²) in [6.45, 7) is 4.80. The molecule has 21 heavy (non-hydrogen) atoms. The molecule has 2 N–H and O–H groups in total. The fourth-order valence-electron chi connectivity index (χ4n) is 2.74. The van der Waals surface area contributed by atoms with Crippen molar-refractivity contribution in [2.24, 2.45) is 5.73 Å². The molecule has 0 bridgehead atoms. The Balaban J connectivity index is 2.32. The van der Waals surface area contributed by atoms with Gasteiger partial charge in [-0.2, -0.15) is 0 Å². The summed E-state index contributed by atoms with van der Waals surface area (Å²) in [5.41, 5.74) is 12.4. The summed E-state index contributed by atoms with van der Waals surface area (Å²) in [7, 11) is 0. The van der Waals surface area contributed by atoms with Gasteiger partial charge in [0.25, 0.3) is 0 Å². The van der Waals surface area contributed by atoms with E-state index in [4.69, 9.17) is 22.3 Å². The Morgan fingerprint density at radius 3 is 2.71 bits per heavy atom. The van der Waals surface area contributed by atoms with Gasteiger partial charge in [-0.05, 0) is 38.1 Å². The molecule has 0 radical (unpaired) electrons. The third kappa shape index (κ3) is 2.55. The van der Waals surface area contributed by atoms with Gasteiger partial charge in [-0.3, -0.25) is 4.40 Å². The molecule has 3 rings (SSSR count). The Morgan fingerprint density at radius 2 is 2.00 bits per heavy atom. The molecule has 4 heteroatoms. The molecule has 2 aromatic heterocycles. The first-order chi connectivity index (χ1) is 10.1. The van der Waals surface area contributed by atoms with E-state index in [0.29, 0.717) is 11.6 Å². The highest BCUT2D eigenvalue weighted by atomic mass is 35.5. The van der Waals surface area contributed by atoms with Crippen molar-refractivity contribution in [3.05, 3.63) is 58.4 Å². The number of nitrogens with two attached hydrogens (primary N) is 1. The lowest BCUT2D eigenvalue weighted by molar-refractivity contribution is 0.939. The number of fused-ring (bicyclic) bond motifs is 1. The van der Waals surface area contributed by atoms with Crippen molar-refractivity contribution in [3.63, 3.8) is 0 Å². The van der Waals surface area contributed by atoms with E-state index in [-0.39, 0.29) is 0 Å². The minimum Gasteiger partial charge on any atom is -0.330 e. The number of nitrogens with zero attached hydrogens (tertiary/aromatic N) is 2. The summed E-state index contributed by atoms with van der Waals surface area (Å²) in [5, 5.41) is 0.699. The summed E-state index contributed by atoms with van der Waals surface area (Å²) < 4.78 is 2.06.